The fourth-order valence-corrected chi connectivity index (χ4v) is 2.93. The van der Waals surface area contributed by atoms with Crippen molar-refractivity contribution in [1.82, 2.24) is 10.2 Å². The Morgan fingerprint density at radius 3 is 2.58 bits per heavy atom. The molecule has 2 rings (SSSR count). The number of nitrogens with one attached hydrogen (secondary N) is 1. The predicted molar refractivity (Wildman–Crippen MR) is 93.5 cm³/mol. The van der Waals surface area contributed by atoms with E-state index in [1.807, 2.05) is 18.4 Å². The second-order valence-corrected chi connectivity index (χ2v) is 6.52. The Bertz CT molecular complexity index is 671. The molecule has 0 aliphatic carbocycles. The van der Waals surface area contributed by atoms with Crippen molar-refractivity contribution < 1.29 is 14.0 Å². The summed E-state index contributed by atoms with van der Waals surface area (Å²) in [6.45, 7) is 2.37. The number of rotatable bonds is 7. The highest BCUT2D eigenvalue weighted by Crippen LogP contribution is 2.20. The second-order valence-electron chi connectivity index (χ2n) is 5.57. The number of nitrogens with zero attached hydrogens (tertiary/aromatic N) is 1. The fourth-order valence-electron chi connectivity index (χ4n) is 2.29. The summed E-state index contributed by atoms with van der Waals surface area (Å²) in [5, 5.41) is 4.66. The molecular formula is C18H21FN2O2S. The molecule has 0 aliphatic rings. The Morgan fingerprint density at radius 1 is 1.25 bits per heavy atom. The average Bonchev–Trinajstić information content (AvgIpc) is 3.12. The molecule has 6 heteroatoms. The molecule has 1 heterocycles. The van der Waals surface area contributed by atoms with Crippen LogP contribution >= 0.6 is 11.3 Å². The second kappa shape index (κ2) is 8.59. The van der Waals surface area contributed by atoms with Gasteiger partial charge in [0, 0.05) is 20.0 Å². The lowest BCUT2D eigenvalue weighted by Gasteiger charge is -2.25. The molecule has 0 saturated carbocycles. The monoisotopic (exact) mass is 348 g/mol. The normalized spacial score (nSPS) is 11.8. The Kier molecular flexibility index (Phi) is 6.49. The summed E-state index contributed by atoms with van der Waals surface area (Å²) >= 11 is 1.39. The molecule has 128 valence electrons. The first-order valence-corrected chi connectivity index (χ1v) is 8.70. The fraction of sp³-hybridized carbons (Fsp3) is 0.333. The average molecular weight is 348 g/mol. The van der Waals surface area contributed by atoms with Gasteiger partial charge in [0.05, 0.1) is 10.9 Å². The van der Waals surface area contributed by atoms with Gasteiger partial charge in [-0.25, -0.2) is 4.39 Å². The summed E-state index contributed by atoms with van der Waals surface area (Å²) in [4.78, 5) is 26.3. The topological polar surface area (TPSA) is 49.4 Å². The van der Waals surface area contributed by atoms with Crippen molar-refractivity contribution in [2.24, 2.45) is 0 Å². The number of amides is 2. The lowest BCUT2D eigenvalue weighted by Crippen LogP contribution is -2.31. The van der Waals surface area contributed by atoms with E-state index in [1.165, 1.54) is 23.5 Å². The van der Waals surface area contributed by atoms with Crippen LogP contribution in [0.3, 0.4) is 0 Å². The van der Waals surface area contributed by atoms with Crippen LogP contribution in [-0.2, 0) is 4.79 Å². The Labute approximate surface area is 145 Å². The van der Waals surface area contributed by atoms with Gasteiger partial charge in [0.25, 0.3) is 5.91 Å². The molecule has 0 spiro atoms. The first-order chi connectivity index (χ1) is 11.5. The summed E-state index contributed by atoms with van der Waals surface area (Å²) in [6, 6.07) is 9.63. The smallest absolute Gasteiger partial charge is 0.261 e. The third kappa shape index (κ3) is 4.89. The standard InChI is InChI=1S/C18H21FN2O2S/c1-13(14-7-9-15(19)10-8-14)21(2)17(22)6-3-11-20-18(23)16-5-4-12-24-16/h4-5,7-10,12-13H,3,6,11H2,1-2H3,(H,20,23). The molecule has 24 heavy (non-hydrogen) atoms. The maximum absolute atomic E-state index is 13.0. The van der Waals surface area contributed by atoms with Crippen molar-refractivity contribution in [3.63, 3.8) is 0 Å². The first-order valence-electron chi connectivity index (χ1n) is 7.82. The van der Waals surface area contributed by atoms with Crippen molar-refractivity contribution in [3.05, 3.63) is 58.0 Å². The highest BCUT2D eigenvalue weighted by Gasteiger charge is 2.17. The molecule has 0 aliphatic heterocycles. The predicted octanol–water partition coefficient (Wildman–Crippen LogP) is 3.62. The molecule has 2 aromatic rings. The maximum atomic E-state index is 13.0. The zero-order chi connectivity index (χ0) is 17.5. The molecule has 1 atom stereocenters. The van der Waals surface area contributed by atoms with E-state index >= 15 is 0 Å². The Balaban J connectivity index is 1.75. The van der Waals surface area contributed by atoms with Gasteiger partial charge in [-0.2, -0.15) is 0 Å². The number of hydrogen-bond donors (Lipinski definition) is 1. The van der Waals surface area contributed by atoms with Gasteiger partial charge in [-0.1, -0.05) is 18.2 Å². The number of benzene rings is 1. The van der Waals surface area contributed by atoms with Crippen molar-refractivity contribution in [2.75, 3.05) is 13.6 Å². The van der Waals surface area contributed by atoms with Crippen molar-refractivity contribution in [2.45, 2.75) is 25.8 Å². The van der Waals surface area contributed by atoms with E-state index in [4.69, 9.17) is 0 Å². The minimum absolute atomic E-state index is 0.00259. The quantitative estimate of drug-likeness (QED) is 0.777. The third-order valence-corrected chi connectivity index (χ3v) is 4.79. The minimum Gasteiger partial charge on any atom is -0.351 e. The number of hydrogen-bond acceptors (Lipinski definition) is 3. The highest BCUT2D eigenvalue weighted by molar-refractivity contribution is 7.12. The molecule has 1 unspecified atom stereocenters. The van der Waals surface area contributed by atoms with E-state index in [1.54, 1.807) is 30.1 Å². The summed E-state index contributed by atoms with van der Waals surface area (Å²) < 4.78 is 13.0. The van der Waals surface area contributed by atoms with Gasteiger partial charge in [0.1, 0.15) is 5.82 Å². The van der Waals surface area contributed by atoms with E-state index in [0.29, 0.717) is 24.3 Å². The van der Waals surface area contributed by atoms with E-state index < -0.39 is 0 Å². The van der Waals surface area contributed by atoms with Crippen LogP contribution in [0.2, 0.25) is 0 Å². The number of carbonyl (C=O) groups excluding carboxylic acids is 2. The molecule has 2 amide bonds. The lowest BCUT2D eigenvalue weighted by molar-refractivity contribution is -0.131. The molecule has 0 bridgehead atoms. The Hall–Kier alpha value is -2.21. The van der Waals surface area contributed by atoms with Gasteiger partial charge in [0.2, 0.25) is 5.91 Å². The zero-order valence-electron chi connectivity index (χ0n) is 13.8. The molecular weight excluding hydrogens is 327 g/mol. The summed E-state index contributed by atoms with van der Waals surface area (Å²) in [5.41, 5.74) is 0.887. The zero-order valence-corrected chi connectivity index (χ0v) is 14.6. The van der Waals surface area contributed by atoms with Crippen LogP contribution in [0.15, 0.2) is 41.8 Å². The van der Waals surface area contributed by atoms with Gasteiger partial charge < -0.3 is 10.2 Å². The van der Waals surface area contributed by atoms with Crippen LogP contribution in [0, 0.1) is 5.82 Å². The maximum Gasteiger partial charge on any atom is 0.261 e. The summed E-state index contributed by atoms with van der Waals surface area (Å²) in [6.07, 6.45) is 0.934. The van der Waals surface area contributed by atoms with E-state index in [9.17, 15) is 14.0 Å². The Morgan fingerprint density at radius 2 is 1.96 bits per heavy atom. The SMILES string of the molecule is CC(c1ccc(F)cc1)N(C)C(=O)CCCNC(=O)c1cccs1. The largest absolute Gasteiger partial charge is 0.351 e. The van der Waals surface area contributed by atoms with Crippen molar-refractivity contribution in [1.29, 1.82) is 0 Å². The first kappa shape index (κ1) is 18.1. The van der Waals surface area contributed by atoms with Gasteiger partial charge in [-0.15, -0.1) is 11.3 Å². The minimum atomic E-state index is -0.290. The van der Waals surface area contributed by atoms with Crippen LogP contribution in [0.4, 0.5) is 4.39 Å². The molecule has 0 fully saturated rings. The third-order valence-electron chi connectivity index (χ3n) is 3.92. The lowest BCUT2D eigenvalue weighted by atomic mass is 10.1. The van der Waals surface area contributed by atoms with Gasteiger partial charge in [-0.3, -0.25) is 9.59 Å². The molecule has 1 aromatic heterocycles. The van der Waals surface area contributed by atoms with E-state index in [2.05, 4.69) is 5.32 Å². The van der Waals surface area contributed by atoms with E-state index in [-0.39, 0.29) is 23.7 Å². The van der Waals surface area contributed by atoms with Crippen LogP contribution in [0.1, 0.15) is 41.0 Å². The molecule has 4 nitrogen and oxygen atoms in total. The highest BCUT2D eigenvalue weighted by atomic mass is 32.1. The summed E-state index contributed by atoms with van der Waals surface area (Å²) in [7, 11) is 1.74. The van der Waals surface area contributed by atoms with Crippen LogP contribution < -0.4 is 5.32 Å². The number of carbonyl (C=O) groups is 2. The molecule has 0 radical (unpaired) electrons. The van der Waals surface area contributed by atoms with Gasteiger partial charge >= 0.3 is 0 Å². The summed E-state index contributed by atoms with van der Waals surface area (Å²) in [5.74, 6) is -0.399. The molecule has 1 N–H and O–H groups in total. The molecule has 1 aromatic carbocycles. The van der Waals surface area contributed by atoms with Crippen LogP contribution in [-0.4, -0.2) is 30.3 Å². The van der Waals surface area contributed by atoms with Crippen molar-refractivity contribution in [3.8, 4) is 0 Å². The van der Waals surface area contributed by atoms with E-state index in [0.717, 1.165) is 5.56 Å². The van der Waals surface area contributed by atoms with Gasteiger partial charge in [-0.05, 0) is 42.5 Å². The molecule has 0 saturated heterocycles. The van der Waals surface area contributed by atoms with Gasteiger partial charge in [0.15, 0.2) is 0 Å². The van der Waals surface area contributed by atoms with Crippen LogP contribution in [0.25, 0.3) is 0 Å². The van der Waals surface area contributed by atoms with Crippen molar-refractivity contribution >= 4 is 23.2 Å². The number of halogens is 1. The number of thiophene rings is 1. The van der Waals surface area contributed by atoms with Crippen LogP contribution in [0.5, 0.6) is 0 Å².